The lowest BCUT2D eigenvalue weighted by Gasteiger charge is -2.34. The Kier molecular flexibility index (Phi) is 10.2. The number of anilines is 1. The first-order valence-corrected chi connectivity index (χ1v) is 15.2. The van der Waals surface area contributed by atoms with Gasteiger partial charge in [0.2, 0.25) is 21.8 Å². The molecule has 0 spiro atoms. The van der Waals surface area contributed by atoms with E-state index in [-0.39, 0.29) is 18.5 Å². The third kappa shape index (κ3) is 7.96. The first kappa shape index (κ1) is 29.5. The van der Waals surface area contributed by atoms with Gasteiger partial charge in [0.15, 0.2) is 0 Å². The summed E-state index contributed by atoms with van der Waals surface area (Å²) in [5, 5.41) is 3.15. The van der Waals surface area contributed by atoms with Gasteiger partial charge in [-0.05, 0) is 74.1 Å². The van der Waals surface area contributed by atoms with Crippen molar-refractivity contribution in [2.24, 2.45) is 0 Å². The molecule has 38 heavy (non-hydrogen) atoms. The van der Waals surface area contributed by atoms with E-state index in [9.17, 15) is 18.0 Å². The fourth-order valence-corrected chi connectivity index (χ4v) is 5.93. The second-order valence-corrected chi connectivity index (χ2v) is 12.2. The molecule has 2 aromatic rings. The molecule has 0 heterocycles. The Hall–Kier alpha value is -3.07. The van der Waals surface area contributed by atoms with E-state index >= 15 is 0 Å². The second-order valence-electron chi connectivity index (χ2n) is 10.3. The van der Waals surface area contributed by atoms with Crippen molar-refractivity contribution in [2.45, 2.75) is 77.9 Å². The van der Waals surface area contributed by atoms with E-state index < -0.39 is 28.5 Å². The predicted octanol–water partition coefficient (Wildman–Crippen LogP) is 4.33. The molecule has 1 saturated carbocycles. The number of sulfonamides is 1. The van der Waals surface area contributed by atoms with E-state index in [1.807, 2.05) is 39.0 Å². The first-order valence-electron chi connectivity index (χ1n) is 13.3. The number of hydrogen-bond donors (Lipinski definition) is 1. The van der Waals surface area contributed by atoms with Crippen molar-refractivity contribution in [3.63, 3.8) is 0 Å². The van der Waals surface area contributed by atoms with Crippen LogP contribution in [0.25, 0.3) is 0 Å². The molecule has 0 saturated heterocycles. The third-order valence-corrected chi connectivity index (χ3v) is 8.16. The number of benzene rings is 2. The SMILES string of the molecule is CCC(C(=O)NC1CCCCC1)N(Cc1ccc(OC)cc1)C(=O)CN(c1cc(C)cc(C)c1)S(C)(=O)=O. The van der Waals surface area contributed by atoms with Crippen LogP contribution in [0.2, 0.25) is 0 Å². The highest BCUT2D eigenvalue weighted by Gasteiger charge is 2.33. The monoisotopic (exact) mass is 543 g/mol. The summed E-state index contributed by atoms with van der Waals surface area (Å²) in [5.74, 6) is 0.0568. The highest BCUT2D eigenvalue weighted by atomic mass is 32.2. The Morgan fingerprint density at radius 1 is 1.03 bits per heavy atom. The lowest BCUT2D eigenvalue weighted by molar-refractivity contribution is -0.140. The highest BCUT2D eigenvalue weighted by molar-refractivity contribution is 7.92. The molecule has 9 heteroatoms. The molecule has 3 rings (SSSR count). The maximum atomic E-state index is 13.9. The topological polar surface area (TPSA) is 96.0 Å². The van der Waals surface area contributed by atoms with Gasteiger partial charge < -0.3 is 15.0 Å². The fraction of sp³-hybridized carbons (Fsp3) is 0.517. The minimum Gasteiger partial charge on any atom is -0.497 e. The number of methoxy groups -OCH3 is 1. The number of carbonyl (C=O) groups excluding carboxylic acids is 2. The van der Waals surface area contributed by atoms with Gasteiger partial charge in [-0.25, -0.2) is 8.42 Å². The van der Waals surface area contributed by atoms with Crippen LogP contribution in [0.5, 0.6) is 5.75 Å². The van der Waals surface area contributed by atoms with Gasteiger partial charge in [-0.2, -0.15) is 0 Å². The second kappa shape index (κ2) is 13.1. The minimum absolute atomic E-state index is 0.103. The van der Waals surface area contributed by atoms with Crippen molar-refractivity contribution in [2.75, 3.05) is 24.2 Å². The van der Waals surface area contributed by atoms with Crippen LogP contribution in [0.4, 0.5) is 5.69 Å². The fourth-order valence-electron chi connectivity index (χ4n) is 5.10. The molecular weight excluding hydrogens is 502 g/mol. The number of nitrogens with one attached hydrogen (secondary N) is 1. The van der Waals surface area contributed by atoms with Crippen LogP contribution in [0, 0.1) is 13.8 Å². The number of nitrogens with zero attached hydrogens (tertiary/aromatic N) is 2. The summed E-state index contributed by atoms with van der Waals surface area (Å²) in [7, 11) is -2.18. The van der Waals surface area contributed by atoms with Crippen molar-refractivity contribution in [3.8, 4) is 5.75 Å². The summed E-state index contributed by atoms with van der Waals surface area (Å²) in [6, 6.07) is 12.1. The molecule has 0 bridgehead atoms. The maximum Gasteiger partial charge on any atom is 0.244 e. The average molecular weight is 544 g/mol. The van der Waals surface area contributed by atoms with E-state index in [1.54, 1.807) is 31.4 Å². The van der Waals surface area contributed by atoms with Gasteiger partial charge in [-0.3, -0.25) is 13.9 Å². The van der Waals surface area contributed by atoms with Gasteiger partial charge >= 0.3 is 0 Å². The van der Waals surface area contributed by atoms with Crippen molar-refractivity contribution in [1.29, 1.82) is 0 Å². The summed E-state index contributed by atoms with van der Waals surface area (Å²) in [4.78, 5) is 28.9. The Morgan fingerprint density at radius 3 is 2.16 bits per heavy atom. The van der Waals surface area contributed by atoms with Gasteiger partial charge in [0.1, 0.15) is 18.3 Å². The predicted molar refractivity (Wildman–Crippen MR) is 151 cm³/mol. The van der Waals surface area contributed by atoms with E-state index in [1.165, 1.54) is 11.3 Å². The van der Waals surface area contributed by atoms with E-state index in [4.69, 9.17) is 4.74 Å². The maximum absolute atomic E-state index is 13.9. The average Bonchev–Trinajstić information content (AvgIpc) is 2.86. The van der Waals surface area contributed by atoms with Crippen LogP contribution in [-0.2, 0) is 26.2 Å². The largest absolute Gasteiger partial charge is 0.497 e. The summed E-state index contributed by atoms with van der Waals surface area (Å²) >= 11 is 0. The molecule has 8 nitrogen and oxygen atoms in total. The minimum atomic E-state index is -3.77. The Balaban J connectivity index is 1.93. The molecule has 1 aliphatic carbocycles. The van der Waals surface area contributed by atoms with Crippen molar-refractivity contribution in [3.05, 3.63) is 59.2 Å². The molecule has 1 unspecified atom stereocenters. The molecule has 2 amide bonds. The van der Waals surface area contributed by atoms with Gasteiger partial charge in [-0.1, -0.05) is 44.4 Å². The quantitative estimate of drug-likeness (QED) is 0.455. The van der Waals surface area contributed by atoms with E-state index in [0.29, 0.717) is 17.9 Å². The summed E-state index contributed by atoms with van der Waals surface area (Å²) in [6.45, 7) is 5.42. The van der Waals surface area contributed by atoms with Crippen molar-refractivity contribution in [1.82, 2.24) is 10.2 Å². The molecule has 1 aliphatic rings. The molecule has 1 atom stereocenters. The lowest BCUT2D eigenvalue weighted by Crippen LogP contribution is -2.53. The molecule has 1 N–H and O–H groups in total. The van der Waals surface area contributed by atoms with Gasteiger partial charge in [0.05, 0.1) is 19.1 Å². The van der Waals surface area contributed by atoms with Crippen molar-refractivity contribution < 1.29 is 22.7 Å². The Morgan fingerprint density at radius 2 is 1.63 bits per heavy atom. The number of hydrogen-bond acceptors (Lipinski definition) is 5. The van der Waals surface area contributed by atoms with Crippen LogP contribution in [0.15, 0.2) is 42.5 Å². The van der Waals surface area contributed by atoms with E-state index in [2.05, 4.69) is 5.32 Å². The van der Waals surface area contributed by atoms with Gasteiger partial charge in [0.25, 0.3) is 0 Å². The zero-order chi connectivity index (χ0) is 27.9. The highest BCUT2D eigenvalue weighted by Crippen LogP contribution is 2.24. The first-order chi connectivity index (χ1) is 18.0. The Bertz CT molecular complexity index is 1190. The number of carbonyl (C=O) groups is 2. The zero-order valence-corrected chi connectivity index (χ0v) is 24.0. The lowest BCUT2D eigenvalue weighted by atomic mass is 9.95. The van der Waals surface area contributed by atoms with Crippen molar-refractivity contribution >= 4 is 27.5 Å². The normalized spacial score (nSPS) is 15.0. The molecule has 0 aliphatic heterocycles. The van der Waals surface area contributed by atoms with Crippen LogP contribution < -0.4 is 14.4 Å². The molecule has 1 fully saturated rings. The van der Waals surface area contributed by atoms with Crippen LogP contribution in [0.1, 0.15) is 62.1 Å². The van der Waals surface area contributed by atoms with E-state index in [0.717, 1.165) is 52.9 Å². The van der Waals surface area contributed by atoms with Gasteiger partial charge in [0, 0.05) is 12.6 Å². The summed E-state index contributed by atoms with van der Waals surface area (Å²) in [6.07, 6.45) is 6.70. The zero-order valence-electron chi connectivity index (χ0n) is 23.2. The third-order valence-electron chi connectivity index (χ3n) is 7.02. The molecule has 2 aromatic carbocycles. The molecule has 208 valence electrons. The number of rotatable bonds is 11. The summed E-state index contributed by atoms with van der Waals surface area (Å²) in [5.41, 5.74) is 3.05. The summed E-state index contributed by atoms with van der Waals surface area (Å²) < 4.78 is 32.1. The molecule has 0 aromatic heterocycles. The van der Waals surface area contributed by atoms with Crippen LogP contribution in [-0.4, -0.2) is 57.1 Å². The Labute approximate surface area is 227 Å². The van der Waals surface area contributed by atoms with Crippen LogP contribution >= 0.6 is 0 Å². The molecule has 0 radical (unpaired) electrons. The number of amides is 2. The smallest absolute Gasteiger partial charge is 0.244 e. The number of aryl methyl sites for hydroxylation is 2. The standard InChI is InChI=1S/C29H41N3O5S/c1-6-27(29(34)30-24-10-8-7-9-11-24)31(19-23-12-14-26(37-4)15-13-23)28(33)20-32(38(5,35)36)25-17-21(2)16-22(3)18-25/h12-18,24,27H,6-11,19-20H2,1-5H3,(H,30,34). The molecular formula is C29H41N3O5S. The van der Waals surface area contributed by atoms with Gasteiger partial charge in [-0.15, -0.1) is 0 Å². The number of ether oxygens (including phenoxy) is 1. The van der Waals surface area contributed by atoms with Crippen LogP contribution in [0.3, 0.4) is 0 Å².